The first-order valence-corrected chi connectivity index (χ1v) is 5.74. The number of halogens is 1. The Kier molecular flexibility index (Phi) is 2.34. The smallest absolute Gasteiger partial charge is 0.151 e. The van der Waals surface area contributed by atoms with E-state index in [1.807, 2.05) is 48.5 Å². The average molecular weight is 241 g/mol. The van der Waals surface area contributed by atoms with Gasteiger partial charge in [0.15, 0.2) is 6.29 Å². The largest absolute Gasteiger partial charge is 0.298 e. The maximum atomic E-state index is 11.3. The van der Waals surface area contributed by atoms with Crippen LogP contribution in [0.1, 0.15) is 10.4 Å². The standard InChI is InChI=1S/C15H9ClO/c16-15-7-3-6-12-13(15)8-10-4-1-2-5-11(10)14(12)9-17/h1-9H. The van der Waals surface area contributed by atoms with E-state index in [1.54, 1.807) is 0 Å². The summed E-state index contributed by atoms with van der Waals surface area (Å²) in [6.07, 6.45) is 0.904. The molecule has 0 unspecified atom stereocenters. The number of carbonyl (C=O) groups is 1. The van der Waals surface area contributed by atoms with E-state index >= 15 is 0 Å². The number of aldehydes is 1. The first-order chi connectivity index (χ1) is 8.31. The van der Waals surface area contributed by atoms with Gasteiger partial charge in [0.1, 0.15) is 0 Å². The molecule has 0 spiro atoms. The lowest BCUT2D eigenvalue weighted by Gasteiger charge is -2.07. The minimum atomic E-state index is 0.677. The second kappa shape index (κ2) is 3.86. The van der Waals surface area contributed by atoms with Crippen LogP contribution in [0.2, 0.25) is 5.02 Å². The highest BCUT2D eigenvalue weighted by Crippen LogP contribution is 2.31. The van der Waals surface area contributed by atoms with Crippen molar-refractivity contribution in [1.82, 2.24) is 0 Å². The molecule has 0 heterocycles. The predicted molar refractivity (Wildman–Crippen MR) is 71.9 cm³/mol. The Labute approximate surface area is 104 Å². The number of benzene rings is 3. The number of hydrogen-bond acceptors (Lipinski definition) is 1. The molecule has 2 heteroatoms. The Morgan fingerprint density at radius 2 is 1.65 bits per heavy atom. The fourth-order valence-corrected chi connectivity index (χ4v) is 2.44. The molecule has 3 rings (SSSR count). The van der Waals surface area contributed by atoms with Crippen LogP contribution < -0.4 is 0 Å². The zero-order valence-corrected chi connectivity index (χ0v) is 9.74. The van der Waals surface area contributed by atoms with Gasteiger partial charge in [0.25, 0.3) is 0 Å². The SMILES string of the molecule is O=Cc1c2ccccc2cc2c(Cl)cccc12. The fourth-order valence-electron chi connectivity index (χ4n) is 2.21. The van der Waals surface area contributed by atoms with E-state index in [0.29, 0.717) is 10.6 Å². The normalized spacial score (nSPS) is 10.9. The van der Waals surface area contributed by atoms with E-state index in [9.17, 15) is 4.79 Å². The molecular weight excluding hydrogens is 232 g/mol. The molecule has 0 amide bonds. The summed E-state index contributed by atoms with van der Waals surface area (Å²) < 4.78 is 0. The number of fused-ring (bicyclic) bond motifs is 2. The van der Waals surface area contributed by atoms with E-state index in [-0.39, 0.29) is 0 Å². The van der Waals surface area contributed by atoms with Gasteiger partial charge in [-0.05, 0) is 28.3 Å². The minimum Gasteiger partial charge on any atom is -0.298 e. The average Bonchev–Trinajstić information content (AvgIpc) is 2.37. The van der Waals surface area contributed by atoms with Gasteiger partial charge in [-0.2, -0.15) is 0 Å². The van der Waals surface area contributed by atoms with E-state index in [4.69, 9.17) is 11.6 Å². The Hall–Kier alpha value is -1.86. The number of rotatable bonds is 1. The third-order valence-corrected chi connectivity index (χ3v) is 3.34. The van der Waals surface area contributed by atoms with Gasteiger partial charge >= 0.3 is 0 Å². The van der Waals surface area contributed by atoms with Crippen molar-refractivity contribution in [3.63, 3.8) is 0 Å². The molecule has 0 N–H and O–H groups in total. The van der Waals surface area contributed by atoms with Crippen LogP contribution in [0.15, 0.2) is 48.5 Å². The quantitative estimate of drug-likeness (QED) is 0.453. The van der Waals surface area contributed by atoms with Crippen LogP contribution in [0, 0.1) is 0 Å². The maximum Gasteiger partial charge on any atom is 0.151 e. The minimum absolute atomic E-state index is 0.677. The summed E-state index contributed by atoms with van der Waals surface area (Å²) in [5, 5.41) is 4.52. The summed E-state index contributed by atoms with van der Waals surface area (Å²) in [5.74, 6) is 0. The fraction of sp³-hybridized carbons (Fsp3) is 0. The molecule has 0 aliphatic rings. The molecule has 3 aromatic carbocycles. The third-order valence-electron chi connectivity index (χ3n) is 3.01. The van der Waals surface area contributed by atoms with E-state index in [0.717, 1.165) is 27.8 Å². The van der Waals surface area contributed by atoms with Crippen molar-refractivity contribution in [2.45, 2.75) is 0 Å². The van der Waals surface area contributed by atoms with Gasteiger partial charge in [-0.1, -0.05) is 48.0 Å². The molecule has 0 aliphatic carbocycles. The lowest BCUT2D eigenvalue weighted by atomic mass is 9.98. The second-order valence-electron chi connectivity index (χ2n) is 3.96. The molecule has 0 fully saturated rings. The van der Waals surface area contributed by atoms with E-state index < -0.39 is 0 Å². The molecule has 0 atom stereocenters. The van der Waals surface area contributed by atoms with Gasteiger partial charge in [0.05, 0.1) is 0 Å². The van der Waals surface area contributed by atoms with Crippen LogP contribution >= 0.6 is 11.6 Å². The Bertz CT molecular complexity index is 731. The van der Waals surface area contributed by atoms with Crippen molar-refractivity contribution in [3.05, 3.63) is 59.1 Å². The zero-order valence-electron chi connectivity index (χ0n) is 8.98. The van der Waals surface area contributed by atoms with Gasteiger partial charge in [-0.3, -0.25) is 4.79 Å². The monoisotopic (exact) mass is 240 g/mol. The molecule has 0 aromatic heterocycles. The Balaban J connectivity index is 2.63. The van der Waals surface area contributed by atoms with Crippen LogP contribution in [0.25, 0.3) is 21.5 Å². The Morgan fingerprint density at radius 1 is 0.882 bits per heavy atom. The van der Waals surface area contributed by atoms with Crippen LogP contribution in [-0.4, -0.2) is 6.29 Å². The predicted octanol–water partition coefficient (Wildman–Crippen LogP) is 4.46. The summed E-state index contributed by atoms with van der Waals surface area (Å²) in [6.45, 7) is 0. The number of hydrogen-bond donors (Lipinski definition) is 0. The molecule has 0 bridgehead atoms. The lowest BCUT2D eigenvalue weighted by molar-refractivity contribution is 0.112. The first kappa shape index (κ1) is 10.3. The van der Waals surface area contributed by atoms with Crippen molar-refractivity contribution in [1.29, 1.82) is 0 Å². The van der Waals surface area contributed by atoms with Gasteiger partial charge in [-0.15, -0.1) is 0 Å². The van der Waals surface area contributed by atoms with E-state index in [1.165, 1.54) is 0 Å². The molecule has 17 heavy (non-hydrogen) atoms. The number of carbonyl (C=O) groups excluding carboxylic acids is 1. The van der Waals surface area contributed by atoms with Crippen molar-refractivity contribution in [2.75, 3.05) is 0 Å². The molecule has 0 aliphatic heterocycles. The summed E-state index contributed by atoms with van der Waals surface area (Å²) in [7, 11) is 0. The molecular formula is C15H9ClO. The summed E-state index contributed by atoms with van der Waals surface area (Å²) in [5.41, 5.74) is 0.709. The highest BCUT2D eigenvalue weighted by atomic mass is 35.5. The van der Waals surface area contributed by atoms with Crippen molar-refractivity contribution >= 4 is 39.4 Å². The summed E-state index contributed by atoms with van der Waals surface area (Å²) in [4.78, 5) is 11.3. The summed E-state index contributed by atoms with van der Waals surface area (Å²) >= 11 is 6.17. The van der Waals surface area contributed by atoms with Crippen molar-refractivity contribution in [2.24, 2.45) is 0 Å². The highest BCUT2D eigenvalue weighted by Gasteiger charge is 2.08. The third kappa shape index (κ3) is 1.51. The molecule has 82 valence electrons. The van der Waals surface area contributed by atoms with Crippen LogP contribution in [0.5, 0.6) is 0 Å². The molecule has 3 aromatic rings. The van der Waals surface area contributed by atoms with Crippen LogP contribution in [0.3, 0.4) is 0 Å². The van der Waals surface area contributed by atoms with Crippen LogP contribution in [0.4, 0.5) is 0 Å². The topological polar surface area (TPSA) is 17.1 Å². The zero-order chi connectivity index (χ0) is 11.8. The lowest BCUT2D eigenvalue weighted by Crippen LogP contribution is -1.87. The molecule has 1 nitrogen and oxygen atoms in total. The summed E-state index contributed by atoms with van der Waals surface area (Å²) in [6, 6.07) is 15.5. The highest BCUT2D eigenvalue weighted by molar-refractivity contribution is 6.36. The maximum absolute atomic E-state index is 11.3. The molecule has 0 radical (unpaired) electrons. The van der Waals surface area contributed by atoms with Crippen molar-refractivity contribution < 1.29 is 4.79 Å². The van der Waals surface area contributed by atoms with Gasteiger partial charge in [0, 0.05) is 16.0 Å². The van der Waals surface area contributed by atoms with Gasteiger partial charge in [-0.25, -0.2) is 0 Å². The Morgan fingerprint density at radius 3 is 2.47 bits per heavy atom. The van der Waals surface area contributed by atoms with Gasteiger partial charge in [0.2, 0.25) is 0 Å². The van der Waals surface area contributed by atoms with Gasteiger partial charge < -0.3 is 0 Å². The van der Waals surface area contributed by atoms with Crippen molar-refractivity contribution in [3.8, 4) is 0 Å². The molecule has 0 saturated carbocycles. The molecule has 0 saturated heterocycles. The van der Waals surface area contributed by atoms with E-state index in [2.05, 4.69) is 0 Å². The van der Waals surface area contributed by atoms with Crippen LogP contribution in [-0.2, 0) is 0 Å². The first-order valence-electron chi connectivity index (χ1n) is 5.36. The second-order valence-corrected chi connectivity index (χ2v) is 4.37.